The van der Waals surface area contributed by atoms with Crippen molar-refractivity contribution in [2.45, 2.75) is 39.5 Å². The molecule has 142 valence electrons. The SMILES string of the molecule is CCCCCCO[Si](OCCOCC)(c1ccccc1)c1ccccc1. The summed E-state index contributed by atoms with van der Waals surface area (Å²) in [6.45, 7) is 6.79. The second kappa shape index (κ2) is 12.0. The van der Waals surface area contributed by atoms with Crippen molar-refractivity contribution in [1.29, 1.82) is 0 Å². The van der Waals surface area contributed by atoms with E-state index in [0.29, 0.717) is 19.8 Å². The molecule has 0 unspecified atom stereocenters. The average molecular weight is 373 g/mol. The first-order chi connectivity index (χ1) is 12.8. The lowest BCUT2D eigenvalue weighted by Gasteiger charge is -2.31. The van der Waals surface area contributed by atoms with Gasteiger partial charge in [-0.1, -0.05) is 86.8 Å². The fourth-order valence-corrected chi connectivity index (χ4v) is 6.14. The highest BCUT2D eigenvalue weighted by atomic mass is 28.4. The van der Waals surface area contributed by atoms with Gasteiger partial charge in [0, 0.05) is 13.2 Å². The third-order valence-corrected chi connectivity index (χ3v) is 7.76. The molecular weight excluding hydrogens is 340 g/mol. The van der Waals surface area contributed by atoms with Gasteiger partial charge in [-0.05, 0) is 23.7 Å². The molecule has 0 aromatic heterocycles. The van der Waals surface area contributed by atoms with Crippen molar-refractivity contribution in [1.82, 2.24) is 0 Å². The van der Waals surface area contributed by atoms with Crippen LogP contribution in [0, 0.1) is 0 Å². The maximum absolute atomic E-state index is 6.59. The van der Waals surface area contributed by atoms with E-state index in [9.17, 15) is 0 Å². The lowest BCUT2D eigenvalue weighted by molar-refractivity contribution is 0.0918. The molecule has 0 saturated carbocycles. The summed E-state index contributed by atoms with van der Waals surface area (Å²) in [5, 5.41) is 2.30. The molecule has 0 spiro atoms. The van der Waals surface area contributed by atoms with E-state index >= 15 is 0 Å². The van der Waals surface area contributed by atoms with Crippen LogP contribution in [0.2, 0.25) is 0 Å². The normalized spacial score (nSPS) is 11.6. The molecule has 0 N–H and O–H groups in total. The maximum atomic E-state index is 6.59. The highest BCUT2D eigenvalue weighted by molar-refractivity contribution is 6.92. The van der Waals surface area contributed by atoms with E-state index in [2.05, 4.69) is 55.5 Å². The summed E-state index contributed by atoms with van der Waals surface area (Å²) in [5.74, 6) is 0. The van der Waals surface area contributed by atoms with E-state index in [1.807, 2.05) is 19.1 Å². The van der Waals surface area contributed by atoms with Crippen LogP contribution in [0.4, 0.5) is 0 Å². The van der Waals surface area contributed by atoms with Gasteiger partial charge in [-0.3, -0.25) is 0 Å². The fourth-order valence-electron chi connectivity index (χ4n) is 2.99. The molecule has 2 rings (SSSR count). The van der Waals surface area contributed by atoms with E-state index in [-0.39, 0.29) is 0 Å². The predicted octanol–water partition coefficient (Wildman–Crippen LogP) is 3.89. The van der Waals surface area contributed by atoms with Crippen LogP contribution in [0.25, 0.3) is 0 Å². The van der Waals surface area contributed by atoms with Gasteiger partial charge >= 0.3 is 8.56 Å². The molecule has 0 aliphatic heterocycles. The number of rotatable bonds is 13. The smallest absolute Gasteiger partial charge is 0.388 e. The number of ether oxygens (including phenoxy) is 1. The summed E-state index contributed by atoms with van der Waals surface area (Å²) in [7, 11) is -2.74. The Labute approximate surface area is 159 Å². The Morgan fingerprint density at radius 2 is 1.23 bits per heavy atom. The molecule has 0 aliphatic rings. The molecule has 26 heavy (non-hydrogen) atoms. The highest BCUT2D eigenvalue weighted by Crippen LogP contribution is 2.12. The van der Waals surface area contributed by atoms with Crippen molar-refractivity contribution in [2.24, 2.45) is 0 Å². The molecular formula is C22H32O3Si. The van der Waals surface area contributed by atoms with Crippen LogP contribution in [-0.4, -0.2) is 35.0 Å². The van der Waals surface area contributed by atoms with Crippen LogP contribution >= 0.6 is 0 Å². The molecule has 0 radical (unpaired) electrons. The Balaban J connectivity index is 2.25. The van der Waals surface area contributed by atoms with Gasteiger partial charge in [-0.25, -0.2) is 0 Å². The molecule has 0 amide bonds. The quantitative estimate of drug-likeness (QED) is 0.394. The van der Waals surface area contributed by atoms with E-state index in [0.717, 1.165) is 23.4 Å². The van der Waals surface area contributed by atoms with Gasteiger partial charge < -0.3 is 13.6 Å². The average Bonchev–Trinajstić information content (AvgIpc) is 2.71. The van der Waals surface area contributed by atoms with Gasteiger partial charge in [-0.2, -0.15) is 0 Å². The van der Waals surface area contributed by atoms with E-state index in [1.165, 1.54) is 19.3 Å². The van der Waals surface area contributed by atoms with Crippen LogP contribution in [-0.2, 0) is 13.6 Å². The second-order valence-electron chi connectivity index (χ2n) is 6.30. The Morgan fingerprint density at radius 3 is 1.77 bits per heavy atom. The van der Waals surface area contributed by atoms with Gasteiger partial charge in [0.25, 0.3) is 0 Å². The van der Waals surface area contributed by atoms with Crippen LogP contribution in [0.1, 0.15) is 39.5 Å². The molecule has 3 nitrogen and oxygen atoms in total. The zero-order valence-corrected chi connectivity index (χ0v) is 17.2. The van der Waals surface area contributed by atoms with Crippen LogP contribution in [0.15, 0.2) is 60.7 Å². The molecule has 0 atom stereocenters. The summed E-state index contributed by atoms with van der Waals surface area (Å²) in [5.41, 5.74) is 0. The van der Waals surface area contributed by atoms with Crippen molar-refractivity contribution < 1.29 is 13.6 Å². The fraction of sp³-hybridized carbons (Fsp3) is 0.455. The largest absolute Gasteiger partial charge is 0.407 e. The van der Waals surface area contributed by atoms with Crippen molar-refractivity contribution in [2.75, 3.05) is 26.4 Å². The van der Waals surface area contributed by atoms with Crippen LogP contribution < -0.4 is 10.4 Å². The third-order valence-electron chi connectivity index (χ3n) is 4.35. The topological polar surface area (TPSA) is 27.7 Å². The molecule has 0 fully saturated rings. The summed E-state index contributed by atoms with van der Waals surface area (Å²) in [4.78, 5) is 0. The predicted molar refractivity (Wildman–Crippen MR) is 110 cm³/mol. The Morgan fingerprint density at radius 1 is 0.654 bits per heavy atom. The van der Waals surface area contributed by atoms with Crippen molar-refractivity contribution in [3.8, 4) is 0 Å². The van der Waals surface area contributed by atoms with Crippen molar-refractivity contribution in [3.05, 3.63) is 60.7 Å². The number of hydrogen-bond acceptors (Lipinski definition) is 3. The first-order valence-corrected chi connectivity index (χ1v) is 11.6. The number of hydrogen-bond donors (Lipinski definition) is 0. The Hall–Kier alpha value is -1.46. The first-order valence-electron chi connectivity index (χ1n) is 9.80. The molecule has 0 aliphatic carbocycles. The lowest BCUT2D eigenvalue weighted by Crippen LogP contribution is -2.63. The third kappa shape index (κ3) is 6.06. The number of unbranched alkanes of at least 4 members (excludes halogenated alkanes) is 3. The summed E-state index contributed by atoms with van der Waals surface area (Å²) in [6, 6.07) is 20.8. The standard InChI is InChI=1S/C22H32O3Si/c1-3-5-6-13-18-24-26(25-20-19-23-4-2,21-14-9-7-10-15-21)22-16-11-8-12-17-22/h7-12,14-17H,3-6,13,18-20H2,1-2H3. The van der Waals surface area contributed by atoms with E-state index in [1.54, 1.807) is 0 Å². The zero-order chi connectivity index (χ0) is 18.5. The minimum Gasteiger partial charge on any atom is -0.388 e. The second-order valence-corrected chi connectivity index (χ2v) is 9.27. The van der Waals surface area contributed by atoms with Gasteiger partial charge in [0.05, 0.1) is 13.2 Å². The highest BCUT2D eigenvalue weighted by Gasteiger charge is 2.42. The Kier molecular flexibility index (Phi) is 9.64. The maximum Gasteiger partial charge on any atom is 0.407 e. The minimum atomic E-state index is -2.74. The zero-order valence-electron chi connectivity index (χ0n) is 16.2. The molecule has 0 heterocycles. The molecule has 2 aromatic rings. The van der Waals surface area contributed by atoms with E-state index in [4.69, 9.17) is 13.6 Å². The molecule has 0 bridgehead atoms. The molecule has 0 saturated heterocycles. The van der Waals surface area contributed by atoms with Gasteiger partial charge in [0.1, 0.15) is 0 Å². The van der Waals surface area contributed by atoms with Gasteiger partial charge in [0.2, 0.25) is 0 Å². The molecule has 2 aromatic carbocycles. The molecule has 4 heteroatoms. The monoisotopic (exact) mass is 372 g/mol. The van der Waals surface area contributed by atoms with Crippen molar-refractivity contribution in [3.63, 3.8) is 0 Å². The first kappa shape index (κ1) is 20.8. The van der Waals surface area contributed by atoms with Gasteiger partial charge in [-0.15, -0.1) is 0 Å². The summed E-state index contributed by atoms with van der Waals surface area (Å²) >= 11 is 0. The summed E-state index contributed by atoms with van der Waals surface area (Å²) < 4.78 is 18.6. The van der Waals surface area contributed by atoms with Crippen LogP contribution in [0.3, 0.4) is 0 Å². The Bertz CT molecular complexity index is 549. The minimum absolute atomic E-state index is 0.540. The lowest BCUT2D eigenvalue weighted by atomic mass is 10.2. The van der Waals surface area contributed by atoms with Gasteiger partial charge in [0.15, 0.2) is 0 Å². The summed E-state index contributed by atoms with van der Waals surface area (Å²) in [6.07, 6.45) is 4.74. The van der Waals surface area contributed by atoms with Crippen molar-refractivity contribution >= 4 is 18.9 Å². The van der Waals surface area contributed by atoms with E-state index < -0.39 is 8.56 Å². The van der Waals surface area contributed by atoms with Crippen LogP contribution in [0.5, 0.6) is 0 Å². The number of benzene rings is 2.